The predicted octanol–water partition coefficient (Wildman–Crippen LogP) is 5.98. The predicted molar refractivity (Wildman–Crippen MR) is 122 cm³/mol. The molecule has 0 radical (unpaired) electrons. The van der Waals surface area contributed by atoms with Crippen LogP contribution in [0.1, 0.15) is 86.2 Å². The van der Waals surface area contributed by atoms with Gasteiger partial charge in [-0.3, -0.25) is 9.98 Å². The summed E-state index contributed by atoms with van der Waals surface area (Å²) in [6.07, 6.45) is 9.85. The molecule has 3 atom stereocenters. The summed E-state index contributed by atoms with van der Waals surface area (Å²) in [6.45, 7) is 6.95. The molecule has 0 amide bonds. The molecule has 5 heteroatoms. The van der Waals surface area contributed by atoms with Crippen molar-refractivity contribution in [2.75, 3.05) is 5.75 Å². The number of hydrogen-bond donors (Lipinski definition) is 0. The zero-order valence-corrected chi connectivity index (χ0v) is 18.7. The number of fused-ring (bicyclic) bond motifs is 1. The lowest BCUT2D eigenvalue weighted by molar-refractivity contribution is 0.253. The number of hydrogen-bond acceptors (Lipinski definition) is 4. The summed E-state index contributed by atoms with van der Waals surface area (Å²) >= 11 is 1.93. The van der Waals surface area contributed by atoms with Crippen molar-refractivity contribution in [3.63, 3.8) is 0 Å². The zero-order chi connectivity index (χ0) is 20.0. The smallest absolute Gasteiger partial charge is 0.160 e. The number of rotatable bonds is 4. The molecule has 1 aliphatic carbocycles. The molecule has 154 valence electrons. The zero-order valence-electron chi connectivity index (χ0n) is 17.8. The fourth-order valence-corrected chi connectivity index (χ4v) is 7.03. The molecule has 2 fully saturated rings. The average Bonchev–Trinajstić information content (AvgIpc) is 3.40. The summed E-state index contributed by atoms with van der Waals surface area (Å²) in [5.74, 6) is 1.15. The van der Waals surface area contributed by atoms with Gasteiger partial charge in [-0.25, -0.2) is 0 Å². The van der Waals surface area contributed by atoms with Gasteiger partial charge in [0.1, 0.15) is 6.04 Å². The van der Waals surface area contributed by atoms with Gasteiger partial charge >= 0.3 is 0 Å². The molecule has 0 spiro atoms. The molecular weight excluding hydrogens is 376 g/mol. The second-order valence-corrected chi connectivity index (χ2v) is 9.81. The molecule has 4 heterocycles. The Morgan fingerprint density at radius 2 is 1.97 bits per heavy atom. The minimum atomic E-state index is 0.0911. The first-order valence-corrected chi connectivity index (χ1v) is 12.3. The summed E-state index contributed by atoms with van der Waals surface area (Å²) in [6, 6.07) is 10.3. The molecule has 1 saturated heterocycles. The van der Waals surface area contributed by atoms with Crippen molar-refractivity contribution in [2.24, 2.45) is 4.99 Å². The second kappa shape index (κ2) is 7.82. The van der Waals surface area contributed by atoms with Gasteiger partial charge in [-0.15, -0.1) is 0 Å². The monoisotopic (exact) mass is 408 g/mol. The van der Waals surface area contributed by atoms with E-state index in [1.165, 1.54) is 60.6 Å². The van der Waals surface area contributed by atoms with Crippen LogP contribution in [0, 0.1) is 13.8 Å². The van der Waals surface area contributed by atoms with Crippen LogP contribution in [0.4, 0.5) is 0 Å². The fourth-order valence-electron chi connectivity index (χ4n) is 5.69. The van der Waals surface area contributed by atoms with Crippen LogP contribution in [0.2, 0.25) is 0 Å². The van der Waals surface area contributed by atoms with Gasteiger partial charge < -0.3 is 9.47 Å². The largest absolute Gasteiger partial charge is 0.346 e. The summed E-state index contributed by atoms with van der Waals surface area (Å²) < 4.78 is 2.64. The molecule has 2 aromatic rings. The van der Waals surface area contributed by atoms with E-state index in [9.17, 15) is 0 Å². The third-order valence-corrected chi connectivity index (χ3v) is 8.24. The number of aromatic nitrogens is 2. The van der Waals surface area contributed by atoms with Crippen LogP contribution in [-0.2, 0) is 0 Å². The van der Waals surface area contributed by atoms with E-state index >= 15 is 0 Å². The highest BCUT2D eigenvalue weighted by molar-refractivity contribution is 8.14. The molecule has 2 aliphatic heterocycles. The second-order valence-electron chi connectivity index (χ2n) is 8.82. The van der Waals surface area contributed by atoms with Gasteiger partial charge in [0.05, 0.1) is 11.7 Å². The highest BCUT2D eigenvalue weighted by Crippen LogP contribution is 2.50. The third-order valence-electron chi connectivity index (χ3n) is 7.11. The molecule has 5 rings (SSSR count). The van der Waals surface area contributed by atoms with Crippen LogP contribution in [-0.4, -0.2) is 31.4 Å². The van der Waals surface area contributed by atoms with Crippen LogP contribution in [0.15, 0.2) is 35.5 Å². The number of aryl methyl sites for hydroxylation is 1. The minimum absolute atomic E-state index is 0.0911. The van der Waals surface area contributed by atoms with E-state index in [1.807, 2.05) is 24.0 Å². The Balaban J connectivity index is 1.58. The normalized spacial score (nSPS) is 27.3. The van der Waals surface area contributed by atoms with Crippen molar-refractivity contribution in [1.82, 2.24) is 14.5 Å². The standard InChI is InChI=1S/C24H32N4S/c1-4-18-15-29-24-26-22(21-12-8-9-13-25-21)23(28(18)24)20-14-16(2)27(17(20)3)19-10-6-5-7-11-19/h8-9,12-14,18-19,22-23H,4-7,10-11,15H2,1-3H3/t18-,22-,23+/m0/s1. The number of nitrogens with zero attached hydrogens (tertiary/aromatic N) is 4. The van der Waals surface area contributed by atoms with Crippen LogP contribution in [0.25, 0.3) is 0 Å². The van der Waals surface area contributed by atoms with Gasteiger partial charge in [-0.2, -0.15) is 0 Å². The highest BCUT2D eigenvalue weighted by Gasteiger charge is 2.46. The summed E-state index contributed by atoms with van der Waals surface area (Å²) in [5.41, 5.74) is 5.42. The Labute approximate surface area is 178 Å². The van der Waals surface area contributed by atoms with Gasteiger partial charge in [-0.05, 0) is 56.9 Å². The summed E-state index contributed by atoms with van der Waals surface area (Å²) in [4.78, 5) is 12.5. The number of amidine groups is 1. The quantitative estimate of drug-likeness (QED) is 0.623. The molecule has 29 heavy (non-hydrogen) atoms. The van der Waals surface area contributed by atoms with E-state index in [-0.39, 0.29) is 12.1 Å². The van der Waals surface area contributed by atoms with Crippen LogP contribution < -0.4 is 0 Å². The topological polar surface area (TPSA) is 33.4 Å². The van der Waals surface area contributed by atoms with Gasteiger partial charge in [0.25, 0.3) is 0 Å². The Bertz CT molecular complexity index is 897. The van der Waals surface area contributed by atoms with Crippen molar-refractivity contribution in [2.45, 2.75) is 83.5 Å². The lowest BCUT2D eigenvalue weighted by Crippen LogP contribution is -2.35. The van der Waals surface area contributed by atoms with Crippen LogP contribution in [0.5, 0.6) is 0 Å². The van der Waals surface area contributed by atoms with Crippen molar-refractivity contribution in [3.05, 3.63) is 53.1 Å². The van der Waals surface area contributed by atoms with Crippen molar-refractivity contribution >= 4 is 16.9 Å². The van der Waals surface area contributed by atoms with Gasteiger partial charge in [-0.1, -0.05) is 44.0 Å². The summed E-state index contributed by atoms with van der Waals surface area (Å²) in [5, 5.41) is 1.22. The molecule has 0 N–H and O–H groups in total. The first-order valence-electron chi connectivity index (χ1n) is 11.3. The first-order chi connectivity index (χ1) is 14.2. The first kappa shape index (κ1) is 19.2. The molecule has 0 unspecified atom stereocenters. The maximum atomic E-state index is 5.20. The van der Waals surface area contributed by atoms with Gasteiger partial charge in [0.15, 0.2) is 5.17 Å². The SMILES string of the molecule is CC[C@H]1CSC2=N[C@@H](c3ccccn3)[C@@H](c3cc(C)n(C4CCCCC4)c3C)N21. The molecule has 0 aromatic carbocycles. The average molecular weight is 409 g/mol. The lowest BCUT2D eigenvalue weighted by Gasteiger charge is -2.32. The third kappa shape index (κ3) is 3.22. The maximum absolute atomic E-state index is 5.20. The fraction of sp³-hybridized carbons (Fsp3) is 0.583. The van der Waals surface area contributed by atoms with Gasteiger partial charge in [0, 0.05) is 35.4 Å². The van der Waals surface area contributed by atoms with E-state index in [0.717, 1.165) is 11.4 Å². The lowest BCUT2D eigenvalue weighted by atomic mass is 9.94. The molecular formula is C24H32N4S. The van der Waals surface area contributed by atoms with Crippen molar-refractivity contribution in [1.29, 1.82) is 0 Å². The van der Waals surface area contributed by atoms with Crippen LogP contribution in [0.3, 0.4) is 0 Å². The molecule has 0 bridgehead atoms. The van der Waals surface area contributed by atoms with E-state index in [2.05, 4.69) is 48.4 Å². The maximum Gasteiger partial charge on any atom is 0.160 e. The van der Waals surface area contributed by atoms with Gasteiger partial charge in [0.2, 0.25) is 0 Å². The molecule has 3 aliphatic rings. The number of pyridine rings is 1. The Hall–Kier alpha value is -1.75. The molecule has 2 aromatic heterocycles. The Morgan fingerprint density at radius 1 is 1.14 bits per heavy atom. The van der Waals surface area contributed by atoms with E-state index < -0.39 is 0 Å². The van der Waals surface area contributed by atoms with E-state index in [1.54, 1.807) is 0 Å². The highest BCUT2D eigenvalue weighted by atomic mass is 32.2. The number of thioether (sulfide) groups is 1. The Morgan fingerprint density at radius 3 is 2.69 bits per heavy atom. The van der Waals surface area contributed by atoms with Crippen LogP contribution >= 0.6 is 11.8 Å². The summed E-state index contributed by atoms with van der Waals surface area (Å²) in [7, 11) is 0. The minimum Gasteiger partial charge on any atom is -0.346 e. The van der Waals surface area contributed by atoms with E-state index in [4.69, 9.17) is 9.98 Å². The van der Waals surface area contributed by atoms with Crippen molar-refractivity contribution < 1.29 is 0 Å². The van der Waals surface area contributed by atoms with E-state index in [0.29, 0.717) is 12.1 Å². The van der Waals surface area contributed by atoms with Crippen molar-refractivity contribution in [3.8, 4) is 0 Å². The molecule has 4 nitrogen and oxygen atoms in total. The Kier molecular flexibility index (Phi) is 5.19. The molecule has 1 saturated carbocycles. The number of aliphatic imine (C=N–C) groups is 1.